The van der Waals surface area contributed by atoms with Crippen LogP contribution in [0.25, 0.3) is 21.8 Å². The Bertz CT molecular complexity index is 1620. The van der Waals surface area contributed by atoms with Gasteiger partial charge in [-0.2, -0.15) is 0 Å². The first-order valence-electron chi connectivity index (χ1n) is 14.6. The minimum Gasteiger partial charge on any atom is -0.453 e. The molecular weight excluding hydrogens is 508 g/mol. The van der Waals surface area contributed by atoms with Gasteiger partial charge in [-0.3, -0.25) is 4.79 Å². The van der Waals surface area contributed by atoms with Crippen molar-refractivity contribution < 1.29 is 9.53 Å². The van der Waals surface area contributed by atoms with E-state index in [4.69, 9.17) is 9.72 Å². The number of carbonyl (C=O) groups is 1. The Labute approximate surface area is 241 Å². The lowest BCUT2D eigenvalue weighted by molar-refractivity contribution is 0.100. The van der Waals surface area contributed by atoms with Crippen molar-refractivity contribution in [1.29, 1.82) is 0 Å². The molecule has 0 aliphatic carbocycles. The number of rotatable bonds is 9. The van der Waals surface area contributed by atoms with E-state index in [1.165, 1.54) is 0 Å². The molecule has 0 saturated carbocycles. The Morgan fingerprint density at radius 3 is 1.61 bits per heavy atom. The third-order valence-corrected chi connectivity index (χ3v) is 8.11. The van der Waals surface area contributed by atoms with Crippen LogP contribution in [0.2, 0.25) is 0 Å². The molecule has 6 rings (SSSR count). The highest BCUT2D eigenvalue weighted by atomic mass is 16.5. The van der Waals surface area contributed by atoms with Crippen LogP contribution in [-0.4, -0.2) is 43.5 Å². The fraction of sp³-hybridized carbons (Fsp3) is 0.257. The summed E-state index contributed by atoms with van der Waals surface area (Å²) in [7, 11) is 0. The van der Waals surface area contributed by atoms with E-state index in [0.717, 1.165) is 82.2 Å². The number of hydrogen-bond donors (Lipinski definition) is 0. The van der Waals surface area contributed by atoms with Crippen LogP contribution >= 0.6 is 0 Å². The lowest BCUT2D eigenvalue weighted by Crippen LogP contribution is -2.29. The fourth-order valence-corrected chi connectivity index (χ4v) is 5.97. The predicted molar refractivity (Wildman–Crippen MR) is 171 cm³/mol. The first kappa shape index (κ1) is 26.6. The largest absolute Gasteiger partial charge is 0.453 e. The first-order valence-corrected chi connectivity index (χ1v) is 14.6. The zero-order valence-electron chi connectivity index (χ0n) is 24.2. The van der Waals surface area contributed by atoms with Crippen LogP contribution in [-0.2, 0) is 0 Å². The molecule has 0 bridgehead atoms. The molecule has 0 unspecified atom stereocenters. The van der Waals surface area contributed by atoms with Gasteiger partial charge in [0.1, 0.15) is 0 Å². The van der Waals surface area contributed by atoms with Crippen LogP contribution in [0.3, 0.4) is 0 Å². The van der Waals surface area contributed by atoms with Gasteiger partial charge in [-0.05, 0) is 64.1 Å². The maximum absolute atomic E-state index is 14.4. The zero-order valence-corrected chi connectivity index (χ0v) is 24.2. The zero-order chi connectivity index (χ0) is 28.5. The molecule has 0 saturated heterocycles. The van der Waals surface area contributed by atoms with Crippen LogP contribution in [0.1, 0.15) is 38.1 Å². The van der Waals surface area contributed by atoms with Crippen LogP contribution < -0.4 is 19.4 Å². The van der Waals surface area contributed by atoms with E-state index in [0.29, 0.717) is 5.56 Å². The maximum atomic E-state index is 14.4. The molecule has 1 aromatic heterocycles. The fourth-order valence-electron chi connectivity index (χ4n) is 5.97. The van der Waals surface area contributed by atoms with Crippen molar-refractivity contribution >= 4 is 50.3 Å². The van der Waals surface area contributed by atoms with Crippen LogP contribution in [0, 0.1) is 0 Å². The average molecular weight is 545 g/mol. The summed E-state index contributed by atoms with van der Waals surface area (Å²) in [6.45, 7) is 12.4. The predicted octanol–water partition coefficient (Wildman–Crippen LogP) is 8.21. The van der Waals surface area contributed by atoms with Gasteiger partial charge in [0.2, 0.25) is 0 Å². The standard InChI is InChI=1S/C35H36N4O2/c1-5-37(6-2)24-17-19-30-33(21-24)41-34-22-25(38(7-3)8-4)18-20-31(34)39(30)23-32(40)35-26-13-9-11-15-28(26)36-29-16-12-10-14-27(29)35/h9-22H,5-8,23H2,1-4H3. The van der Waals surface area contributed by atoms with Gasteiger partial charge in [0.15, 0.2) is 17.3 Å². The molecule has 4 aromatic carbocycles. The molecule has 0 fully saturated rings. The van der Waals surface area contributed by atoms with Gasteiger partial charge in [0.05, 0.1) is 29.0 Å². The van der Waals surface area contributed by atoms with Gasteiger partial charge in [-0.25, -0.2) is 4.98 Å². The Kier molecular flexibility index (Phi) is 7.23. The molecule has 0 radical (unpaired) electrons. The van der Waals surface area contributed by atoms with Crippen LogP contribution in [0.5, 0.6) is 11.5 Å². The molecular formula is C35H36N4O2. The van der Waals surface area contributed by atoms with Crippen molar-refractivity contribution in [1.82, 2.24) is 4.98 Å². The lowest BCUT2D eigenvalue weighted by Gasteiger charge is -2.34. The van der Waals surface area contributed by atoms with Gasteiger partial charge in [-0.15, -0.1) is 0 Å². The van der Waals surface area contributed by atoms with E-state index in [1.807, 2.05) is 48.5 Å². The molecule has 1 aliphatic rings. The van der Waals surface area contributed by atoms with Crippen LogP contribution in [0.15, 0.2) is 84.9 Å². The summed E-state index contributed by atoms with van der Waals surface area (Å²) in [4.78, 5) is 25.9. The van der Waals surface area contributed by atoms with Crippen molar-refractivity contribution in [2.75, 3.05) is 47.4 Å². The van der Waals surface area contributed by atoms with E-state index in [9.17, 15) is 4.79 Å². The van der Waals surface area contributed by atoms with E-state index >= 15 is 0 Å². The molecule has 0 spiro atoms. The number of fused-ring (bicyclic) bond motifs is 4. The molecule has 0 N–H and O–H groups in total. The number of aromatic nitrogens is 1. The topological polar surface area (TPSA) is 48.9 Å². The van der Waals surface area contributed by atoms with Gasteiger partial charge < -0.3 is 19.4 Å². The average Bonchev–Trinajstić information content (AvgIpc) is 3.00. The molecule has 6 nitrogen and oxygen atoms in total. The smallest absolute Gasteiger partial charge is 0.183 e. The van der Waals surface area contributed by atoms with Gasteiger partial charge in [0, 0.05) is 66.0 Å². The number of benzene rings is 4. The number of para-hydroxylation sites is 2. The number of ketones is 1. The van der Waals surface area contributed by atoms with E-state index in [2.05, 4.69) is 78.8 Å². The van der Waals surface area contributed by atoms with Crippen molar-refractivity contribution in [3.05, 3.63) is 90.5 Å². The summed E-state index contributed by atoms with van der Waals surface area (Å²) in [5.74, 6) is 1.56. The Morgan fingerprint density at radius 2 is 1.15 bits per heavy atom. The van der Waals surface area contributed by atoms with E-state index in [-0.39, 0.29) is 12.3 Å². The number of Topliss-reactive ketones (excluding diaryl/α,β-unsaturated/α-hetero) is 1. The molecule has 2 heterocycles. The molecule has 0 amide bonds. The molecule has 1 aliphatic heterocycles. The van der Waals surface area contributed by atoms with Crippen LogP contribution in [0.4, 0.5) is 22.7 Å². The summed E-state index contributed by atoms with van der Waals surface area (Å²) in [5, 5.41) is 1.75. The monoisotopic (exact) mass is 544 g/mol. The Balaban J connectivity index is 1.48. The second-order valence-electron chi connectivity index (χ2n) is 10.3. The van der Waals surface area contributed by atoms with E-state index < -0.39 is 0 Å². The molecule has 5 aromatic rings. The summed E-state index contributed by atoms with van der Waals surface area (Å²) in [6, 6.07) is 28.4. The van der Waals surface area contributed by atoms with Crippen molar-refractivity contribution in [3.8, 4) is 11.5 Å². The lowest BCUT2D eigenvalue weighted by atomic mass is 9.98. The Hall–Kier alpha value is -4.58. The number of nitrogens with zero attached hydrogens (tertiary/aromatic N) is 4. The van der Waals surface area contributed by atoms with Crippen molar-refractivity contribution in [2.24, 2.45) is 0 Å². The SMILES string of the molecule is CCN(CC)c1ccc2c(c1)Oc1cc(N(CC)CC)ccc1N2CC(=O)c1c2ccccc2nc2ccccc12. The van der Waals surface area contributed by atoms with Crippen molar-refractivity contribution in [2.45, 2.75) is 27.7 Å². The summed E-state index contributed by atoms with van der Waals surface area (Å²) in [5.41, 5.74) is 6.35. The van der Waals surface area contributed by atoms with Crippen molar-refractivity contribution in [3.63, 3.8) is 0 Å². The number of anilines is 4. The van der Waals surface area contributed by atoms with Gasteiger partial charge >= 0.3 is 0 Å². The summed E-state index contributed by atoms with van der Waals surface area (Å²) >= 11 is 0. The maximum Gasteiger partial charge on any atom is 0.183 e. The molecule has 208 valence electrons. The molecule has 6 heteroatoms. The Morgan fingerprint density at radius 1 is 0.683 bits per heavy atom. The van der Waals surface area contributed by atoms with E-state index in [1.54, 1.807) is 0 Å². The minimum atomic E-state index is 0.0410. The second kappa shape index (κ2) is 11.1. The van der Waals surface area contributed by atoms with Gasteiger partial charge in [-0.1, -0.05) is 36.4 Å². The third kappa shape index (κ3) is 4.73. The number of ether oxygens (including phenoxy) is 1. The summed E-state index contributed by atoms with van der Waals surface area (Å²) < 4.78 is 6.58. The molecule has 41 heavy (non-hydrogen) atoms. The summed E-state index contributed by atoms with van der Waals surface area (Å²) in [6.07, 6.45) is 0. The third-order valence-electron chi connectivity index (χ3n) is 8.11. The molecule has 0 atom stereocenters. The first-order chi connectivity index (χ1) is 20.1. The number of hydrogen-bond acceptors (Lipinski definition) is 6. The highest BCUT2D eigenvalue weighted by Crippen LogP contribution is 2.49. The minimum absolute atomic E-state index is 0.0410. The second-order valence-corrected chi connectivity index (χ2v) is 10.3. The number of pyridine rings is 1. The quantitative estimate of drug-likeness (QED) is 0.138. The van der Waals surface area contributed by atoms with Gasteiger partial charge in [0.25, 0.3) is 0 Å². The highest BCUT2D eigenvalue weighted by Gasteiger charge is 2.29. The highest BCUT2D eigenvalue weighted by molar-refractivity contribution is 6.18. The normalized spacial score (nSPS) is 12.1. The number of carbonyl (C=O) groups excluding carboxylic acids is 1.